The second kappa shape index (κ2) is 7.67. The van der Waals surface area contributed by atoms with Crippen LogP contribution in [0.1, 0.15) is 22.3 Å². The van der Waals surface area contributed by atoms with Crippen LogP contribution in [0.15, 0.2) is 60.7 Å². The molecule has 1 fully saturated rings. The number of carbonyl (C=O) groups is 3. The molecule has 1 amide bonds. The lowest BCUT2D eigenvalue weighted by Gasteiger charge is -2.52. The Kier molecular flexibility index (Phi) is 5.03. The van der Waals surface area contributed by atoms with E-state index in [2.05, 4.69) is 0 Å². The Balaban J connectivity index is 1.87. The maximum absolute atomic E-state index is 13.4. The van der Waals surface area contributed by atoms with Crippen molar-refractivity contribution in [2.45, 2.75) is 12.5 Å². The van der Waals surface area contributed by atoms with Crippen molar-refractivity contribution in [2.75, 3.05) is 25.8 Å². The van der Waals surface area contributed by atoms with Gasteiger partial charge in [0.05, 0.1) is 25.9 Å². The van der Waals surface area contributed by atoms with Gasteiger partial charge in [-0.05, 0) is 30.2 Å². The zero-order valence-corrected chi connectivity index (χ0v) is 16.8. The van der Waals surface area contributed by atoms with Crippen LogP contribution in [0.3, 0.4) is 0 Å². The first-order valence-electron chi connectivity index (χ1n) is 9.64. The van der Waals surface area contributed by atoms with E-state index >= 15 is 0 Å². The fourth-order valence-corrected chi connectivity index (χ4v) is 4.28. The van der Waals surface area contributed by atoms with Gasteiger partial charge in [-0.3, -0.25) is 19.4 Å². The Bertz CT molecular complexity index is 1000. The van der Waals surface area contributed by atoms with Crippen LogP contribution in [-0.4, -0.2) is 49.7 Å². The zero-order valence-electron chi connectivity index (χ0n) is 16.8. The van der Waals surface area contributed by atoms with Crippen molar-refractivity contribution in [1.82, 2.24) is 5.01 Å². The molecule has 4 rings (SSSR count). The fourth-order valence-electron chi connectivity index (χ4n) is 4.28. The number of hydrogen-bond donors (Lipinski definition) is 0. The smallest absolute Gasteiger partial charge is 0.325 e. The number of rotatable bonds is 3. The normalized spacial score (nSPS) is 18.8. The molecular formula is C23H22N2O5. The number of methoxy groups -OCH3 is 2. The molecule has 0 aromatic heterocycles. The Morgan fingerprint density at radius 1 is 0.933 bits per heavy atom. The predicted octanol–water partition coefficient (Wildman–Crippen LogP) is 2.68. The average molecular weight is 406 g/mol. The second-order valence-corrected chi connectivity index (χ2v) is 7.21. The van der Waals surface area contributed by atoms with Gasteiger partial charge >= 0.3 is 11.9 Å². The van der Waals surface area contributed by atoms with Gasteiger partial charge in [0.25, 0.3) is 5.91 Å². The SMILES string of the molecule is COC(=O)C1(C(=O)OC)CCN(C(=O)c2ccccc2)N2c3ccccc3C=CC21. The van der Waals surface area contributed by atoms with Crippen molar-refractivity contribution in [2.24, 2.45) is 5.41 Å². The molecule has 7 heteroatoms. The third-order valence-corrected chi connectivity index (χ3v) is 5.74. The number of ether oxygens (including phenoxy) is 2. The van der Waals surface area contributed by atoms with Crippen LogP contribution in [-0.2, 0) is 19.1 Å². The summed E-state index contributed by atoms with van der Waals surface area (Å²) in [7, 11) is 2.50. The molecule has 0 radical (unpaired) electrons. The molecule has 0 spiro atoms. The summed E-state index contributed by atoms with van der Waals surface area (Å²) in [6.07, 6.45) is 3.70. The van der Waals surface area contributed by atoms with Gasteiger partial charge in [-0.15, -0.1) is 0 Å². The van der Waals surface area contributed by atoms with Gasteiger partial charge in [0.1, 0.15) is 0 Å². The Morgan fingerprint density at radius 3 is 2.23 bits per heavy atom. The van der Waals surface area contributed by atoms with Crippen LogP contribution in [0.5, 0.6) is 0 Å². The number of nitrogens with zero attached hydrogens (tertiary/aromatic N) is 2. The summed E-state index contributed by atoms with van der Waals surface area (Å²) >= 11 is 0. The van der Waals surface area contributed by atoms with E-state index in [4.69, 9.17) is 9.47 Å². The first-order valence-corrected chi connectivity index (χ1v) is 9.64. The number of esters is 2. The van der Waals surface area contributed by atoms with E-state index in [9.17, 15) is 14.4 Å². The van der Waals surface area contributed by atoms with Crippen LogP contribution in [0.25, 0.3) is 6.08 Å². The third-order valence-electron chi connectivity index (χ3n) is 5.74. The summed E-state index contributed by atoms with van der Waals surface area (Å²) < 4.78 is 10.1. The Labute approximate surface area is 174 Å². The van der Waals surface area contributed by atoms with E-state index < -0.39 is 23.4 Å². The molecule has 0 N–H and O–H groups in total. The van der Waals surface area contributed by atoms with Crippen LogP contribution in [0, 0.1) is 5.41 Å². The molecule has 2 aliphatic heterocycles. The standard InChI is InChI=1S/C23H22N2O5/c1-29-21(27)23(22(28)30-2)14-15-24(20(26)17-9-4-3-5-10-17)25-18-11-7-6-8-16(18)12-13-19(23)25/h3-13,19H,14-15H2,1-2H3. The van der Waals surface area contributed by atoms with Crippen LogP contribution in [0.4, 0.5) is 5.69 Å². The summed E-state index contributed by atoms with van der Waals surface area (Å²) in [5.74, 6) is -1.57. The third kappa shape index (κ3) is 2.85. The van der Waals surface area contributed by atoms with Gasteiger partial charge in [-0.1, -0.05) is 48.6 Å². The highest BCUT2D eigenvalue weighted by Gasteiger charge is 2.60. The van der Waals surface area contributed by atoms with Crippen molar-refractivity contribution in [3.8, 4) is 0 Å². The molecular weight excluding hydrogens is 384 g/mol. The second-order valence-electron chi connectivity index (χ2n) is 7.21. The molecule has 0 bridgehead atoms. The van der Waals surface area contributed by atoms with Crippen LogP contribution < -0.4 is 5.01 Å². The van der Waals surface area contributed by atoms with Crippen LogP contribution >= 0.6 is 0 Å². The molecule has 2 aliphatic rings. The van der Waals surface area contributed by atoms with Crippen molar-refractivity contribution >= 4 is 29.6 Å². The molecule has 30 heavy (non-hydrogen) atoms. The molecule has 2 aromatic rings. The largest absolute Gasteiger partial charge is 0.468 e. The lowest BCUT2D eigenvalue weighted by molar-refractivity contribution is -0.173. The monoisotopic (exact) mass is 406 g/mol. The Hall–Kier alpha value is -3.61. The summed E-state index contributed by atoms with van der Waals surface area (Å²) in [5, 5.41) is 3.31. The number of carbonyl (C=O) groups excluding carboxylic acids is 3. The summed E-state index contributed by atoms with van der Waals surface area (Å²) in [6, 6.07) is 15.7. The number of amides is 1. The summed E-state index contributed by atoms with van der Waals surface area (Å²) in [5.41, 5.74) is 0.546. The topological polar surface area (TPSA) is 76.2 Å². The van der Waals surface area contributed by atoms with Crippen molar-refractivity contribution in [3.63, 3.8) is 0 Å². The van der Waals surface area contributed by atoms with Gasteiger partial charge in [0.2, 0.25) is 0 Å². The predicted molar refractivity (Wildman–Crippen MR) is 110 cm³/mol. The minimum atomic E-state index is -1.58. The van der Waals surface area contributed by atoms with E-state index in [1.165, 1.54) is 14.2 Å². The number of anilines is 1. The average Bonchev–Trinajstić information content (AvgIpc) is 2.82. The van der Waals surface area contributed by atoms with E-state index in [0.29, 0.717) is 5.56 Å². The highest BCUT2D eigenvalue weighted by molar-refractivity contribution is 6.04. The number of hydrazine groups is 1. The van der Waals surface area contributed by atoms with Gasteiger partial charge in [-0.2, -0.15) is 0 Å². The molecule has 154 valence electrons. The fraction of sp³-hybridized carbons (Fsp3) is 0.261. The van der Waals surface area contributed by atoms with Gasteiger partial charge in [-0.25, -0.2) is 5.01 Å². The quantitative estimate of drug-likeness (QED) is 0.576. The summed E-state index contributed by atoms with van der Waals surface area (Å²) in [4.78, 5) is 39.2. The van der Waals surface area contributed by atoms with Crippen molar-refractivity contribution in [3.05, 3.63) is 71.8 Å². The number of para-hydroxylation sites is 1. The zero-order chi connectivity index (χ0) is 21.3. The molecule has 1 atom stereocenters. The lowest BCUT2D eigenvalue weighted by Crippen LogP contribution is -2.68. The maximum atomic E-state index is 13.4. The number of hydrogen-bond acceptors (Lipinski definition) is 6. The lowest BCUT2D eigenvalue weighted by atomic mass is 9.73. The molecule has 1 unspecified atom stereocenters. The van der Waals surface area contributed by atoms with Gasteiger partial charge in [0.15, 0.2) is 5.41 Å². The molecule has 2 aromatic carbocycles. The highest BCUT2D eigenvalue weighted by Crippen LogP contribution is 2.45. The highest BCUT2D eigenvalue weighted by atomic mass is 16.5. The maximum Gasteiger partial charge on any atom is 0.325 e. The Morgan fingerprint density at radius 2 is 1.57 bits per heavy atom. The van der Waals surface area contributed by atoms with E-state index in [1.807, 2.05) is 36.4 Å². The van der Waals surface area contributed by atoms with E-state index in [-0.39, 0.29) is 18.9 Å². The minimum Gasteiger partial charge on any atom is -0.468 e. The van der Waals surface area contributed by atoms with Crippen LogP contribution in [0.2, 0.25) is 0 Å². The number of benzene rings is 2. The van der Waals surface area contributed by atoms with Crippen molar-refractivity contribution < 1.29 is 23.9 Å². The van der Waals surface area contributed by atoms with E-state index in [0.717, 1.165) is 11.3 Å². The molecule has 7 nitrogen and oxygen atoms in total. The molecule has 0 saturated carbocycles. The van der Waals surface area contributed by atoms with Gasteiger partial charge in [0, 0.05) is 12.1 Å². The van der Waals surface area contributed by atoms with Crippen molar-refractivity contribution in [1.29, 1.82) is 0 Å². The first kappa shape index (κ1) is 19.7. The van der Waals surface area contributed by atoms with E-state index in [1.54, 1.807) is 40.4 Å². The number of fused-ring (bicyclic) bond motifs is 3. The van der Waals surface area contributed by atoms with Gasteiger partial charge < -0.3 is 9.47 Å². The molecule has 0 aliphatic carbocycles. The molecule has 2 heterocycles. The summed E-state index contributed by atoms with van der Waals surface area (Å²) in [6.45, 7) is 0.149. The molecule has 1 saturated heterocycles. The minimum absolute atomic E-state index is 0.0819. The first-order chi connectivity index (χ1) is 14.5.